The second kappa shape index (κ2) is 10.1. The van der Waals surface area contributed by atoms with Crippen LogP contribution in [0.1, 0.15) is 26.7 Å². The summed E-state index contributed by atoms with van der Waals surface area (Å²) in [4.78, 5) is 40.9. The van der Waals surface area contributed by atoms with Gasteiger partial charge in [0.2, 0.25) is 11.8 Å². The lowest BCUT2D eigenvalue weighted by atomic mass is 10.2. The number of rotatable bonds is 9. The van der Waals surface area contributed by atoms with Crippen molar-refractivity contribution in [3.63, 3.8) is 0 Å². The smallest absolute Gasteiger partial charge is 0.330 e. The molecule has 0 spiro atoms. The maximum atomic E-state index is 12.9. The first-order valence-corrected chi connectivity index (χ1v) is 10.9. The molecule has 1 aromatic carbocycles. The minimum Gasteiger partial charge on any atom is -0.411 e. The summed E-state index contributed by atoms with van der Waals surface area (Å²) in [7, 11) is 0. The first kappa shape index (κ1) is 22.3. The molecule has 0 aliphatic heterocycles. The topological polar surface area (TPSA) is 140 Å². The zero-order valence-corrected chi connectivity index (χ0v) is 18.1. The normalized spacial score (nSPS) is 10.9. The van der Waals surface area contributed by atoms with Gasteiger partial charge in [-0.05, 0) is 25.5 Å². The van der Waals surface area contributed by atoms with E-state index in [1.54, 1.807) is 6.92 Å². The number of hydrogen-bond acceptors (Lipinski definition) is 8. The second-order valence-corrected chi connectivity index (χ2v) is 7.59. The van der Waals surface area contributed by atoms with E-state index in [0.29, 0.717) is 18.9 Å². The molecule has 0 saturated heterocycles. The Morgan fingerprint density at radius 2 is 1.97 bits per heavy atom. The summed E-state index contributed by atoms with van der Waals surface area (Å²) in [5, 5.41) is 8.18. The van der Waals surface area contributed by atoms with Gasteiger partial charge in [-0.2, -0.15) is 0 Å². The van der Waals surface area contributed by atoms with E-state index in [2.05, 4.69) is 15.2 Å². The van der Waals surface area contributed by atoms with Crippen LogP contribution < -0.4 is 21.9 Å². The number of nitrogens with zero attached hydrogens (tertiary/aromatic N) is 4. The van der Waals surface area contributed by atoms with Crippen LogP contribution in [-0.2, 0) is 11.3 Å². The number of nitrogens with one attached hydrogen (secondary N) is 1. The fourth-order valence-corrected chi connectivity index (χ4v) is 3.64. The number of aromatic amines is 1. The third-order valence-electron chi connectivity index (χ3n) is 4.58. The van der Waals surface area contributed by atoms with Crippen LogP contribution in [0.15, 0.2) is 49.6 Å². The van der Waals surface area contributed by atoms with Gasteiger partial charge in [-0.25, -0.2) is 4.79 Å². The number of carbonyl (C=O) groups is 1. The summed E-state index contributed by atoms with van der Waals surface area (Å²) in [6.07, 6.45) is 1.56. The lowest BCUT2D eigenvalue weighted by Crippen LogP contribution is -2.41. The number of hydrogen-bond donors (Lipinski definition) is 2. The van der Waals surface area contributed by atoms with Crippen molar-refractivity contribution in [2.75, 3.05) is 22.9 Å². The van der Waals surface area contributed by atoms with E-state index in [1.165, 1.54) is 9.47 Å². The number of anilines is 2. The molecular formula is C20H24N6O4S. The van der Waals surface area contributed by atoms with Gasteiger partial charge in [-0.1, -0.05) is 43.3 Å². The molecule has 0 fully saturated rings. The predicted molar refractivity (Wildman–Crippen MR) is 119 cm³/mol. The minimum absolute atomic E-state index is 0.0217. The quantitative estimate of drug-likeness (QED) is 0.478. The van der Waals surface area contributed by atoms with Gasteiger partial charge in [-0.15, -0.1) is 10.2 Å². The Hall–Kier alpha value is -3.34. The highest BCUT2D eigenvalue weighted by molar-refractivity contribution is 7.99. The molecule has 0 radical (unpaired) electrons. The van der Waals surface area contributed by atoms with E-state index in [9.17, 15) is 14.4 Å². The average molecular weight is 445 g/mol. The van der Waals surface area contributed by atoms with E-state index in [0.717, 1.165) is 23.7 Å². The molecule has 3 N–H and O–H groups in total. The summed E-state index contributed by atoms with van der Waals surface area (Å²) in [5.41, 5.74) is 5.58. The van der Waals surface area contributed by atoms with Crippen molar-refractivity contribution in [1.29, 1.82) is 0 Å². The third-order valence-corrected chi connectivity index (χ3v) is 5.39. The zero-order chi connectivity index (χ0) is 22.4. The first-order valence-electron chi connectivity index (χ1n) is 9.90. The number of H-pyrrole nitrogens is 1. The molecule has 0 saturated carbocycles. The maximum absolute atomic E-state index is 12.9. The molecule has 2 aromatic heterocycles. The fourth-order valence-electron chi connectivity index (χ4n) is 3.00. The SMILES string of the molecule is CCCCn1c(N)c(N(CC)C(=O)CSc2nnc(-c3ccccc3)o2)c(=O)[nH]c1=O. The van der Waals surface area contributed by atoms with Crippen LogP contribution in [0.4, 0.5) is 11.5 Å². The van der Waals surface area contributed by atoms with Crippen molar-refractivity contribution in [3.8, 4) is 11.5 Å². The van der Waals surface area contributed by atoms with Crippen LogP contribution in [0.3, 0.4) is 0 Å². The summed E-state index contributed by atoms with van der Waals surface area (Å²) in [6.45, 7) is 4.27. The molecule has 164 valence electrons. The van der Waals surface area contributed by atoms with Gasteiger partial charge in [0, 0.05) is 18.7 Å². The van der Waals surface area contributed by atoms with Gasteiger partial charge < -0.3 is 15.1 Å². The van der Waals surface area contributed by atoms with Crippen molar-refractivity contribution in [1.82, 2.24) is 19.7 Å². The molecule has 11 heteroatoms. The molecule has 1 amide bonds. The average Bonchev–Trinajstić information content (AvgIpc) is 3.24. The van der Waals surface area contributed by atoms with Gasteiger partial charge in [0.1, 0.15) is 5.82 Å². The highest BCUT2D eigenvalue weighted by atomic mass is 32.2. The second-order valence-electron chi connectivity index (χ2n) is 6.66. The number of thioether (sulfide) groups is 1. The molecule has 10 nitrogen and oxygen atoms in total. The minimum atomic E-state index is -0.695. The Kier molecular flexibility index (Phi) is 7.29. The highest BCUT2D eigenvalue weighted by Crippen LogP contribution is 2.24. The number of benzene rings is 1. The monoisotopic (exact) mass is 444 g/mol. The number of amides is 1. The van der Waals surface area contributed by atoms with Crippen molar-refractivity contribution in [2.24, 2.45) is 0 Å². The van der Waals surface area contributed by atoms with Gasteiger partial charge >= 0.3 is 5.69 Å². The summed E-state index contributed by atoms with van der Waals surface area (Å²) < 4.78 is 6.88. The first-order chi connectivity index (χ1) is 15.0. The summed E-state index contributed by atoms with van der Waals surface area (Å²) >= 11 is 1.06. The van der Waals surface area contributed by atoms with Gasteiger partial charge in [-0.3, -0.25) is 19.1 Å². The van der Waals surface area contributed by atoms with Crippen LogP contribution in [0.25, 0.3) is 11.5 Å². The maximum Gasteiger partial charge on any atom is 0.330 e. The molecule has 31 heavy (non-hydrogen) atoms. The van der Waals surface area contributed by atoms with Crippen molar-refractivity contribution in [2.45, 2.75) is 38.5 Å². The molecule has 0 aliphatic carbocycles. The lowest BCUT2D eigenvalue weighted by molar-refractivity contribution is -0.116. The van der Waals surface area contributed by atoms with Gasteiger partial charge in [0.15, 0.2) is 5.69 Å². The standard InChI is InChI=1S/C20H24N6O4S/c1-3-5-11-26-16(21)15(17(28)22-19(26)29)25(4-2)14(27)12-31-20-24-23-18(30-20)13-9-7-6-8-10-13/h6-10H,3-5,11-12,21H2,1-2H3,(H,22,28,29). The molecule has 2 heterocycles. The summed E-state index contributed by atoms with van der Waals surface area (Å²) in [5.74, 6) is -0.0833. The predicted octanol–water partition coefficient (Wildman–Crippen LogP) is 2.11. The number of carbonyl (C=O) groups excluding carboxylic acids is 1. The number of nitrogens with two attached hydrogens (primary N) is 1. The number of unbranched alkanes of at least 4 members (excludes halogenated alkanes) is 1. The lowest BCUT2D eigenvalue weighted by Gasteiger charge is -2.22. The van der Waals surface area contributed by atoms with Crippen LogP contribution in [0.2, 0.25) is 0 Å². The molecule has 3 aromatic rings. The highest BCUT2D eigenvalue weighted by Gasteiger charge is 2.23. The Morgan fingerprint density at radius 1 is 1.23 bits per heavy atom. The van der Waals surface area contributed by atoms with Crippen molar-refractivity contribution in [3.05, 3.63) is 51.2 Å². The molecule has 0 bridgehead atoms. The summed E-state index contributed by atoms with van der Waals surface area (Å²) in [6, 6.07) is 9.28. The van der Waals surface area contributed by atoms with Crippen LogP contribution in [0.5, 0.6) is 0 Å². The third kappa shape index (κ3) is 5.05. The number of nitrogen functional groups attached to an aromatic ring is 1. The Balaban J connectivity index is 1.77. The zero-order valence-electron chi connectivity index (χ0n) is 17.3. The largest absolute Gasteiger partial charge is 0.411 e. The Labute approximate surface area is 182 Å². The van der Waals surface area contributed by atoms with E-state index < -0.39 is 11.2 Å². The van der Waals surface area contributed by atoms with Crippen LogP contribution in [-0.4, -0.2) is 38.0 Å². The molecular weight excluding hydrogens is 420 g/mol. The van der Waals surface area contributed by atoms with E-state index >= 15 is 0 Å². The van der Waals surface area contributed by atoms with Gasteiger partial charge in [0.25, 0.3) is 10.8 Å². The fraction of sp³-hybridized carbons (Fsp3) is 0.350. The van der Waals surface area contributed by atoms with E-state index in [4.69, 9.17) is 10.2 Å². The van der Waals surface area contributed by atoms with Crippen molar-refractivity contribution >= 4 is 29.2 Å². The van der Waals surface area contributed by atoms with Gasteiger partial charge in [0.05, 0.1) is 5.75 Å². The molecule has 0 unspecified atom stereocenters. The van der Waals surface area contributed by atoms with E-state index in [1.807, 2.05) is 37.3 Å². The molecule has 0 aliphatic rings. The molecule has 3 rings (SSSR count). The number of aromatic nitrogens is 4. The Bertz CT molecular complexity index is 1150. The Morgan fingerprint density at radius 3 is 2.65 bits per heavy atom. The molecule has 0 atom stereocenters. The van der Waals surface area contributed by atoms with E-state index in [-0.39, 0.29) is 34.9 Å². The van der Waals surface area contributed by atoms with Crippen molar-refractivity contribution < 1.29 is 9.21 Å². The van der Waals surface area contributed by atoms with Crippen LogP contribution >= 0.6 is 11.8 Å². The van der Waals surface area contributed by atoms with Crippen LogP contribution in [0, 0.1) is 0 Å².